The minimum Gasteiger partial charge on any atom is -0.389 e. The Morgan fingerprint density at radius 1 is 1.20 bits per heavy atom. The van der Waals surface area contributed by atoms with Crippen molar-refractivity contribution in [2.24, 2.45) is 0 Å². The van der Waals surface area contributed by atoms with Crippen LogP contribution in [0.4, 0.5) is 0 Å². The Labute approximate surface area is 93.7 Å². The highest BCUT2D eigenvalue weighted by Crippen LogP contribution is 2.32. The molecular formula is C13H25NO. The van der Waals surface area contributed by atoms with E-state index in [1.165, 1.54) is 45.1 Å². The number of hydrogen-bond acceptors (Lipinski definition) is 2. The summed E-state index contributed by atoms with van der Waals surface area (Å²) in [6, 6.07) is 0.739. The second-order valence-electron chi connectivity index (χ2n) is 5.46. The molecule has 1 aliphatic heterocycles. The van der Waals surface area contributed by atoms with E-state index >= 15 is 0 Å². The average Bonchev–Trinajstić information content (AvgIpc) is 2.66. The number of piperidine rings is 1. The van der Waals surface area contributed by atoms with Gasteiger partial charge in [-0.1, -0.05) is 26.2 Å². The third kappa shape index (κ3) is 2.73. The lowest BCUT2D eigenvalue weighted by Gasteiger charge is -2.39. The summed E-state index contributed by atoms with van der Waals surface area (Å²) in [6.45, 7) is 4.42. The largest absolute Gasteiger partial charge is 0.389 e. The monoisotopic (exact) mass is 211 g/mol. The summed E-state index contributed by atoms with van der Waals surface area (Å²) in [5.74, 6) is 0. The zero-order valence-electron chi connectivity index (χ0n) is 10.0. The summed E-state index contributed by atoms with van der Waals surface area (Å²) in [5.41, 5.74) is -0.342. The third-order valence-electron chi connectivity index (χ3n) is 4.25. The van der Waals surface area contributed by atoms with E-state index in [2.05, 4.69) is 11.8 Å². The lowest BCUT2D eigenvalue weighted by atomic mass is 9.95. The summed E-state index contributed by atoms with van der Waals surface area (Å²) in [4.78, 5) is 2.55. The first kappa shape index (κ1) is 11.4. The minimum absolute atomic E-state index is 0.342. The first-order valence-electron chi connectivity index (χ1n) is 6.70. The van der Waals surface area contributed by atoms with Crippen LogP contribution < -0.4 is 0 Å². The molecule has 2 aliphatic rings. The van der Waals surface area contributed by atoms with Gasteiger partial charge in [0.05, 0.1) is 5.60 Å². The van der Waals surface area contributed by atoms with Gasteiger partial charge in [0.15, 0.2) is 0 Å². The Bertz CT molecular complexity index is 199. The van der Waals surface area contributed by atoms with Gasteiger partial charge in [-0.2, -0.15) is 0 Å². The van der Waals surface area contributed by atoms with Crippen LogP contribution in [0.5, 0.6) is 0 Å². The maximum atomic E-state index is 10.4. The number of β-amino-alcohol motifs (C(OH)–C–C–N with tert-alkyl or cyclic N) is 1. The molecular weight excluding hydrogens is 186 g/mol. The fourth-order valence-corrected chi connectivity index (χ4v) is 3.30. The summed E-state index contributed by atoms with van der Waals surface area (Å²) >= 11 is 0. The van der Waals surface area contributed by atoms with Crippen molar-refractivity contribution < 1.29 is 5.11 Å². The predicted octanol–water partition coefficient (Wildman–Crippen LogP) is 2.56. The normalized spacial score (nSPS) is 32.0. The molecule has 1 unspecified atom stereocenters. The molecule has 0 aromatic heterocycles. The van der Waals surface area contributed by atoms with E-state index in [-0.39, 0.29) is 5.60 Å². The molecule has 88 valence electrons. The summed E-state index contributed by atoms with van der Waals surface area (Å²) in [6.07, 6.45) is 9.80. The summed E-state index contributed by atoms with van der Waals surface area (Å²) in [5, 5.41) is 10.4. The standard InChI is InChI=1S/C13H25NO/c1-2-12-7-3-6-10-14(12)11-13(15)8-4-5-9-13/h12,15H,2-11H2,1H3. The molecule has 0 bridgehead atoms. The molecule has 1 atom stereocenters. The summed E-state index contributed by atoms with van der Waals surface area (Å²) < 4.78 is 0. The topological polar surface area (TPSA) is 23.5 Å². The lowest BCUT2D eigenvalue weighted by Crippen LogP contribution is -2.48. The second-order valence-corrected chi connectivity index (χ2v) is 5.46. The van der Waals surface area contributed by atoms with Crippen molar-refractivity contribution in [3.8, 4) is 0 Å². The highest BCUT2D eigenvalue weighted by Gasteiger charge is 2.35. The quantitative estimate of drug-likeness (QED) is 0.775. The van der Waals surface area contributed by atoms with Crippen molar-refractivity contribution in [1.82, 2.24) is 4.90 Å². The first-order chi connectivity index (χ1) is 7.23. The van der Waals surface area contributed by atoms with Crippen LogP contribution in [0.25, 0.3) is 0 Å². The van der Waals surface area contributed by atoms with Crippen LogP contribution in [0.3, 0.4) is 0 Å². The van der Waals surface area contributed by atoms with Crippen LogP contribution in [0.1, 0.15) is 58.3 Å². The average molecular weight is 211 g/mol. The van der Waals surface area contributed by atoms with Crippen LogP contribution >= 0.6 is 0 Å². The van der Waals surface area contributed by atoms with E-state index < -0.39 is 0 Å². The van der Waals surface area contributed by atoms with Crippen LogP contribution in [-0.2, 0) is 0 Å². The van der Waals surface area contributed by atoms with Crippen molar-refractivity contribution in [2.75, 3.05) is 13.1 Å². The Hall–Kier alpha value is -0.0800. The van der Waals surface area contributed by atoms with Crippen molar-refractivity contribution >= 4 is 0 Å². The van der Waals surface area contributed by atoms with Crippen LogP contribution in [-0.4, -0.2) is 34.7 Å². The molecule has 2 nitrogen and oxygen atoms in total. The molecule has 1 N–H and O–H groups in total. The molecule has 2 fully saturated rings. The Morgan fingerprint density at radius 3 is 2.60 bits per heavy atom. The van der Waals surface area contributed by atoms with Crippen molar-refractivity contribution in [1.29, 1.82) is 0 Å². The molecule has 1 aliphatic carbocycles. The van der Waals surface area contributed by atoms with Crippen molar-refractivity contribution in [2.45, 2.75) is 69.9 Å². The van der Waals surface area contributed by atoms with Gasteiger partial charge in [0.2, 0.25) is 0 Å². The van der Waals surface area contributed by atoms with E-state index in [0.717, 1.165) is 25.4 Å². The molecule has 2 rings (SSSR count). The van der Waals surface area contributed by atoms with Crippen LogP contribution in [0.2, 0.25) is 0 Å². The maximum absolute atomic E-state index is 10.4. The molecule has 15 heavy (non-hydrogen) atoms. The van der Waals surface area contributed by atoms with Crippen LogP contribution in [0, 0.1) is 0 Å². The van der Waals surface area contributed by atoms with Gasteiger partial charge in [-0.25, -0.2) is 0 Å². The van der Waals surface area contributed by atoms with Gasteiger partial charge >= 0.3 is 0 Å². The molecule has 1 saturated carbocycles. The number of likely N-dealkylation sites (tertiary alicyclic amines) is 1. The van der Waals surface area contributed by atoms with E-state index in [9.17, 15) is 5.11 Å². The Balaban J connectivity index is 1.90. The number of rotatable bonds is 3. The maximum Gasteiger partial charge on any atom is 0.0774 e. The third-order valence-corrected chi connectivity index (χ3v) is 4.25. The smallest absolute Gasteiger partial charge is 0.0774 e. The molecule has 0 spiro atoms. The van der Waals surface area contributed by atoms with Gasteiger partial charge in [0.1, 0.15) is 0 Å². The second kappa shape index (κ2) is 4.84. The molecule has 0 aromatic carbocycles. The van der Waals surface area contributed by atoms with Crippen molar-refractivity contribution in [3.05, 3.63) is 0 Å². The molecule has 0 aromatic rings. The zero-order valence-corrected chi connectivity index (χ0v) is 10.0. The Morgan fingerprint density at radius 2 is 1.93 bits per heavy atom. The lowest BCUT2D eigenvalue weighted by molar-refractivity contribution is -0.0126. The fourth-order valence-electron chi connectivity index (χ4n) is 3.30. The zero-order chi connectivity index (χ0) is 10.7. The first-order valence-corrected chi connectivity index (χ1v) is 6.70. The number of nitrogens with zero attached hydrogens (tertiary/aromatic N) is 1. The van der Waals surface area contributed by atoms with Gasteiger partial charge in [-0.3, -0.25) is 4.90 Å². The molecule has 0 amide bonds. The predicted molar refractivity (Wildman–Crippen MR) is 62.9 cm³/mol. The highest BCUT2D eigenvalue weighted by atomic mass is 16.3. The van der Waals surface area contributed by atoms with Gasteiger partial charge in [-0.15, -0.1) is 0 Å². The van der Waals surface area contributed by atoms with Crippen molar-refractivity contribution in [3.63, 3.8) is 0 Å². The molecule has 1 heterocycles. The molecule has 1 saturated heterocycles. The van der Waals surface area contributed by atoms with E-state index in [1.807, 2.05) is 0 Å². The minimum atomic E-state index is -0.342. The van der Waals surface area contributed by atoms with E-state index in [4.69, 9.17) is 0 Å². The van der Waals surface area contributed by atoms with Crippen LogP contribution in [0.15, 0.2) is 0 Å². The molecule has 0 radical (unpaired) electrons. The van der Waals surface area contributed by atoms with Gasteiger partial charge in [0.25, 0.3) is 0 Å². The Kier molecular flexibility index (Phi) is 3.68. The van der Waals surface area contributed by atoms with Gasteiger partial charge in [-0.05, 0) is 38.6 Å². The summed E-state index contributed by atoms with van der Waals surface area (Å²) in [7, 11) is 0. The SMILES string of the molecule is CCC1CCCCN1CC1(O)CCCC1. The molecule has 2 heteroatoms. The fraction of sp³-hybridized carbons (Fsp3) is 1.00. The van der Waals surface area contributed by atoms with Gasteiger partial charge in [0, 0.05) is 12.6 Å². The highest BCUT2D eigenvalue weighted by molar-refractivity contribution is 4.90. The van der Waals surface area contributed by atoms with Gasteiger partial charge < -0.3 is 5.11 Å². The number of aliphatic hydroxyl groups is 1. The van der Waals surface area contributed by atoms with E-state index in [0.29, 0.717) is 0 Å². The number of hydrogen-bond donors (Lipinski definition) is 1. The van der Waals surface area contributed by atoms with E-state index in [1.54, 1.807) is 0 Å².